The number of nitrogens with one attached hydrogen (secondary N) is 1. The number of nitrogens with two attached hydrogens (primary N) is 1. The predicted octanol–water partition coefficient (Wildman–Crippen LogP) is 1.54. The molecule has 1 amide bonds. The standard InChI is InChI=1S/C14H12F2N2O3S/c15-11-3-6-13(16)10(7-11)8-18-14(19)9-1-4-12(5-2-9)22(17,20)21/h1-7H,8H2,(H,18,19)(H2,17,20,21). The Bertz CT molecular complexity index is 805. The molecular weight excluding hydrogens is 314 g/mol. The van der Waals surface area contributed by atoms with Crippen LogP contribution in [-0.2, 0) is 16.6 Å². The molecule has 0 spiro atoms. The van der Waals surface area contributed by atoms with E-state index in [1.807, 2.05) is 0 Å². The zero-order valence-electron chi connectivity index (χ0n) is 11.2. The van der Waals surface area contributed by atoms with Gasteiger partial charge in [0.1, 0.15) is 11.6 Å². The number of amides is 1. The zero-order valence-corrected chi connectivity index (χ0v) is 12.0. The third-order valence-electron chi connectivity index (χ3n) is 2.89. The number of sulfonamides is 1. The van der Waals surface area contributed by atoms with E-state index in [0.717, 1.165) is 18.2 Å². The lowest BCUT2D eigenvalue weighted by atomic mass is 10.2. The Labute approximate surface area is 125 Å². The highest BCUT2D eigenvalue weighted by atomic mass is 32.2. The van der Waals surface area contributed by atoms with Gasteiger partial charge in [-0.15, -0.1) is 0 Å². The van der Waals surface area contributed by atoms with Gasteiger partial charge in [0.15, 0.2) is 0 Å². The first-order valence-electron chi connectivity index (χ1n) is 6.12. The van der Waals surface area contributed by atoms with Gasteiger partial charge in [-0.25, -0.2) is 22.3 Å². The quantitative estimate of drug-likeness (QED) is 0.893. The minimum absolute atomic E-state index is 0.00880. The molecule has 0 radical (unpaired) electrons. The third-order valence-corrected chi connectivity index (χ3v) is 3.82. The predicted molar refractivity (Wildman–Crippen MR) is 75.3 cm³/mol. The lowest BCUT2D eigenvalue weighted by molar-refractivity contribution is 0.0950. The van der Waals surface area contributed by atoms with Crippen LogP contribution in [0.4, 0.5) is 8.78 Å². The van der Waals surface area contributed by atoms with Gasteiger partial charge in [0.05, 0.1) is 4.90 Å². The monoisotopic (exact) mass is 326 g/mol. The van der Waals surface area contributed by atoms with Crippen molar-refractivity contribution in [2.45, 2.75) is 11.4 Å². The highest BCUT2D eigenvalue weighted by Crippen LogP contribution is 2.11. The van der Waals surface area contributed by atoms with Crippen LogP contribution < -0.4 is 10.5 Å². The number of carbonyl (C=O) groups is 1. The largest absolute Gasteiger partial charge is 0.348 e. The Hall–Kier alpha value is -2.32. The summed E-state index contributed by atoms with van der Waals surface area (Å²) in [5, 5.41) is 7.36. The van der Waals surface area contributed by atoms with Crippen molar-refractivity contribution in [1.29, 1.82) is 0 Å². The molecule has 3 N–H and O–H groups in total. The molecule has 0 aromatic heterocycles. The summed E-state index contributed by atoms with van der Waals surface area (Å²) in [7, 11) is -3.83. The SMILES string of the molecule is NS(=O)(=O)c1ccc(C(=O)NCc2cc(F)ccc2F)cc1. The average molecular weight is 326 g/mol. The van der Waals surface area contributed by atoms with Crippen LogP contribution in [0.1, 0.15) is 15.9 Å². The van der Waals surface area contributed by atoms with Crippen LogP contribution in [0.15, 0.2) is 47.4 Å². The van der Waals surface area contributed by atoms with Gasteiger partial charge >= 0.3 is 0 Å². The van der Waals surface area contributed by atoms with Crippen molar-refractivity contribution in [3.8, 4) is 0 Å². The van der Waals surface area contributed by atoms with Gasteiger partial charge in [-0.3, -0.25) is 4.79 Å². The normalized spacial score (nSPS) is 11.2. The van der Waals surface area contributed by atoms with E-state index in [1.54, 1.807) is 0 Å². The summed E-state index contributed by atoms with van der Waals surface area (Å²) >= 11 is 0. The first-order chi connectivity index (χ1) is 10.3. The molecule has 116 valence electrons. The Morgan fingerprint density at radius 1 is 1.09 bits per heavy atom. The molecule has 0 aliphatic carbocycles. The Balaban J connectivity index is 2.08. The van der Waals surface area contributed by atoms with Gasteiger partial charge in [0.25, 0.3) is 5.91 Å². The van der Waals surface area contributed by atoms with Gasteiger partial charge in [-0.1, -0.05) is 0 Å². The summed E-state index contributed by atoms with van der Waals surface area (Å²) in [6.45, 7) is -0.195. The van der Waals surface area contributed by atoms with Crippen LogP contribution >= 0.6 is 0 Å². The number of hydrogen-bond acceptors (Lipinski definition) is 3. The minimum atomic E-state index is -3.83. The lowest BCUT2D eigenvalue weighted by Crippen LogP contribution is -2.23. The number of rotatable bonds is 4. The van der Waals surface area contributed by atoms with E-state index in [1.165, 1.54) is 24.3 Å². The fourth-order valence-electron chi connectivity index (χ4n) is 1.75. The fourth-order valence-corrected chi connectivity index (χ4v) is 2.27. The summed E-state index contributed by atoms with van der Waals surface area (Å²) in [6, 6.07) is 7.86. The van der Waals surface area contributed by atoms with Crippen molar-refractivity contribution < 1.29 is 22.0 Å². The lowest BCUT2D eigenvalue weighted by Gasteiger charge is -2.07. The summed E-state index contributed by atoms with van der Waals surface area (Å²) in [5.74, 6) is -1.79. The molecule has 0 heterocycles. The molecule has 5 nitrogen and oxygen atoms in total. The molecule has 2 aromatic carbocycles. The van der Waals surface area contributed by atoms with Crippen molar-refractivity contribution >= 4 is 15.9 Å². The number of halogens is 2. The van der Waals surface area contributed by atoms with Crippen LogP contribution in [0.3, 0.4) is 0 Å². The molecule has 0 fully saturated rings. The smallest absolute Gasteiger partial charge is 0.251 e. The maximum atomic E-state index is 13.4. The number of hydrogen-bond donors (Lipinski definition) is 2. The topological polar surface area (TPSA) is 89.3 Å². The van der Waals surface area contributed by atoms with Crippen molar-refractivity contribution in [2.75, 3.05) is 0 Å². The van der Waals surface area contributed by atoms with E-state index < -0.39 is 27.6 Å². The molecule has 2 rings (SSSR count). The van der Waals surface area contributed by atoms with Gasteiger partial charge in [0.2, 0.25) is 10.0 Å². The number of carbonyl (C=O) groups excluding carboxylic acids is 1. The average Bonchev–Trinajstić information content (AvgIpc) is 2.47. The highest BCUT2D eigenvalue weighted by molar-refractivity contribution is 7.89. The molecule has 2 aromatic rings. The summed E-state index contributed by atoms with van der Waals surface area (Å²) < 4.78 is 48.6. The van der Waals surface area contributed by atoms with E-state index in [2.05, 4.69) is 5.32 Å². The Kier molecular flexibility index (Phi) is 4.53. The molecule has 0 saturated carbocycles. The molecule has 0 aliphatic rings. The summed E-state index contributed by atoms with van der Waals surface area (Å²) in [6.07, 6.45) is 0. The minimum Gasteiger partial charge on any atom is -0.348 e. The van der Waals surface area contributed by atoms with E-state index in [4.69, 9.17) is 5.14 Å². The molecule has 8 heteroatoms. The van der Waals surface area contributed by atoms with Crippen LogP contribution in [0.5, 0.6) is 0 Å². The first-order valence-corrected chi connectivity index (χ1v) is 7.67. The number of primary sulfonamides is 1. The highest BCUT2D eigenvalue weighted by Gasteiger charge is 2.11. The van der Waals surface area contributed by atoms with Crippen molar-refractivity contribution in [1.82, 2.24) is 5.32 Å². The Morgan fingerprint density at radius 3 is 2.32 bits per heavy atom. The fraction of sp³-hybridized carbons (Fsp3) is 0.0714. The van der Waals surface area contributed by atoms with Crippen molar-refractivity contribution in [3.05, 3.63) is 65.2 Å². The molecule has 0 aliphatic heterocycles. The second-order valence-corrected chi connectivity index (χ2v) is 6.05. The van der Waals surface area contributed by atoms with Crippen molar-refractivity contribution in [3.63, 3.8) is 0 Å². The van der Waals surface area contributed by atoms with Crippen molar-refractivity contribution in [2.24, 2.45) is 5.14 Å². The van der Waals surface area contributed by atoms with Gasteiger partial charge in [0, 0.05) is 17.7 Å². The van der Waals surface area contributed by atoms with E-state index in [0.29, 0.717) is 0 Å². The summed E-state index contributed by atoms with van der Waals surface area (Å²) in [4.78, 5) is 11.7. The molecular formula is C14H12F2N2O3S. The Morgan fingerprint density at radius 2 is 1.73 bits per heavy atom. The van der Waals surface area contributed by atoms with Gasteiger partial charge in [-0.2, -0.15) is 0 Å². The van der Waals surface area contributed by atoms with Gasteiger partial charge in [-0.05, 0) is 42.5 Å². The number of benzene rings is 2. The van der Waals surface area contributed by atoms with Crippen LogP contribution in [0.2, 0.25) is 0 Å². The van der Waals surface area contributed by atoms with E-state index in [9.17, 15) is 22.0 Å². The van der Waals surface area contributed by atoms with E-state index in [-0.39, 0.29) is 22.6 Å². The maximum Gasteiger partial charge on any atom is 0.251 e. The first kappa shape index (κ1) is 16.1. The second-order valence-electron chi connectivity index (χ2n) is 4.49. The third kappa shape index (κ3) is 3.86. The van der Waals surface area contributed by atoms with Crippen LogP contribution in [0, 0.1) is 11.6 Å². The van der Waals surface area contributed by atoms with Crippen LogP contribution in [0.25, 0.3) is 0 Å². The zero-order chi connectivity index (χ0) is 16.3. The second kappa shape index (κ2) is 6.20. The summed E-state index contributed by atoms with van der Waals surface area (Å²) in [5.41, 5.74) is 0.179. The maximum absolute atomic E-state index is 13.4. The molecule has 0 unspecified atom stereocenters. The van der Waals surface area contributed by atoms with E-state index >= 15 is 0 Å². The molecule has 0 atom stereocenters. The van der Waals surface area contributed by atoms with Gasteiger partial charge < -0.3 is 5.32 Å². The molecule has 0 saturated heterocycles. The molecule has 22 heavy (non-hydrogen) atoms. The molecule has 0 bridgehead atoms. The van der Waals surface area contributed by atoms with Crippen LogP contribution in [-0.4, -0.2) is 14.3 Å².